The molecule has 2 fully saturated rings. The number of carbonyl (C=O) groups is 3. The number of likely N-dealkylation sites (N-methyl/N-ethyl adjacent to an activating group) is 1. The predicted molar refractivity (Wildman–Crippen MR) is 79.4 cm³/mol. The second-order valence-corrected chi connectivity index (χ2v) is 5.70. The van der Waals surface area contributed by atoms with Crippen molar-refractivity contribution >= 4 is 17.7 Å². The summed E-state index contributed by atoms with van der Waals surface area (Å²) in [5.74, 6) is -2.17. The molecule has 1 aromatic carbocycles. The van der Waals surface area contributed by atoms with Crippen molar-refractivity contribution in [3.8, 4) is 11.5 Å². The maximum absolute atomic E-state index is 12.4. The Kier molecular flexibility index (Phi) is 3.90. The average Bonchev–Trinajstić information content (AvgIpc) is 2.99. The van der Waals surface area contributed by atoms with Gasteiger partial charge in [0, 0.05) is 7.05 Å². The first-order chi connectivity index (χ1) is 11.3. The molecule has 3 unspecified atom stereocenters. The summed E-state index contributed by atoms with van der Waals surface area (Å²) in [5, 5.41) is 11.0. The molecule has 24 heavy (non-hydrogen) atoms. The minimum atomic E-state index is -0.994. The van der Waals surface area contributed by atoms with Gasteiger partial charge in [-0.05, 0) is 17.7 Å². The quantitative estimate of drug-likeness (QED) is 0.688. The summed E-state index contributed by atoms with van der Waals surface area (Å²) in [7, 11) is 2.78. The molecule has 3 N–H and O–H groups in total. The van der Waals surface area contributed by atoms with Gasteiger partial charge in [-0.15, -0.1) is 0 Å². The summed E-state index contributed by atoms with van der Waals surface area (Å²) in [5.41, 5.74) is 5.80. The van der Waals surface area contributed by atoms with Crippen molar-refractivity contribution in [2.45, 2.75) is 12.1 Å². The highest BCUT2D eigenvalue weighted by atomic mass is 16.7. The number of imide groups is 1. The number of likely N-dealkylation sites (tertiary alicyclic amines) is 1. The molecule has 3 atom stereocenters. The molecule has 3 amide bonds. The topological polar surface area (TPSA) is 122 Å². The van der Waals surface area contributed by atoms with Gasteiger partial charge in [-0.3, -0.25) is 24.1 Å². The maximum atomic E-state index is 12.4. The van der Waals surface area contributed by atoms with Gasteiger partial charge in [0.2, 0.25) is 11.8 Å². The zero-order valence-electron chi connectivity index (χ0n) is 13.1. The van der Waals surface area contributed by atoms with Gasteiger partial charge in [0.25, 0.3) is 5.91 Å². The van der Waals surface area contributed by atoms with Crippen molar-refractivity contribution in [2.75, 3.05) is 20.7 Å². The standard InChI is InChI=1S/C15H17N3O6/c1-17-14(21)11-12(7-3-4-8(19)9(5-7)23-2)18(6-10(16)20)24-13(11)15(17)22/h3-5,11-13,19H,6H2,1-2H3,(H2,16,20). The number of rotatable bonds is 4. The van der Waals surface area contributed by atoms with Gasteiger partial charge in [-0.1, -0.05) is 6.07 Å². The molecule has 0 spiro atoms. The Morgan fingerprint density at radius 1 is 1.38 bits per heavy atom. The number of methoxy groups -OCH3 is 1. The van der Waals surface area contributed by atoms with E-state index in [1.807, 2.05) is 0 Å². The lowest BCUT2D eigenvalue weighted by Gasteiger charge is -2.25. The summed E-state index contributed by atoms with van der Waals surface area (Å²) in [6, 6.07) is 3.83. The Morgan fingerprint density at radius 3 is 2.71 bits per heavy atom. The van der Waals surface area contributed by atoms with Gasteiger partial charge in [-0.2, -0.15) is 5.06 Å². The van der Waals surface area contributed by atoms with Crippen LogP contribution in [0.3, 0.4) is 0 Å². The van der Waals surface area contributed by atoms with E-state index in [0.29, 0.717) is 5.56 Å². The fourth-order valence-electron chi connectivity index (χ4n) is 3.15. The Hall–Kier alpha value is -2.65. The van der Waals surface area contributed by atoms with Crippen LogP contribution < -0.4 is 10.5 Å². The van der Waals surface area contributed by atoms with E-state index in [4.69, 9.17) is 15.3 Å². The number of carbonyl (C=O) groups excluding carboxylic acids is 3. The van der Waals surface area contributed by atoms with E-state index in [2.05, 4.69) is 0 Å². The highest BCUT2D eigenvalue weighted by molar-refractivity contribution is 6.07. The van der Waals surface area contributed by atoms with Crippen LogP contribution in [-0.4, -0.2) is 59.6 Å². The monoisotopic (exact) mass is 335 g/mol. The molecule has 2 heterocycles. The van der Waals surface area contributed by atoms with Crippen molar-refractivity contribution in [3.05, 3.63) is 23.8 Å². The summed E-state index contributed by atoms with van der Waals surface area (Å²) >= 11 is 0. The van der Waals surface area contributed by atoms with Crippen LogP contribution in [0.4, 0.5) is 0 Å². The van der Waals surface area contributed by atoms with Crippen LogP contribution in [0.15, 0.2) is 18.2 Å². The predicted octanol–water partition coefficient (Wildman–Crippen LogP) is -0.842. The number of hydroxylamine groups is 2. The van der Waals surface area contributed by atoms with Crippen LogP contribution in [0.1, 0.15) is 11.6 Å². The third kappa shape index (κ3) is 2.38. The summed E-state index contributed by atoms with van der Waals surface area (Å²) in [4.78, 5) is 42.5. The molecule has 2 aliphatic heterocycles. The molecule has 3 rings (SSSR count). The number of hydrogen-bond acceptors (Lipinski definition) is 7. The SMILES string of the molecule is COc1cc(C2C3C(=O)N(C)C(=O)C3ON2CC(N)=O)ccc1O. The summed E-state index contributed by atoms with van der Waals surface area (Å²) < 4.78 is 5.08. The molecule has 2 aliphatic rings. The fraction of sp³-hybridized carbons (Fsp3) is 0.400. The highest BCUT2D eigenvalue weighted by Crippen LogP contribution is 2.45. The zero-order chi connectivity index (χ0) is 17.6. The largest absolute Gasteiger partial charge is 0.504 e. The molecule has 2 saturated heterocycles. The number of nitrogens with zero attached hydrogens (tertiary/aromatic N) is 2. The number of benzene rings is 1. The first-order valence-electron chi connectivity index (χ1n) is 7.25. The molecular formula is C15H17N3O6. The van der Waals surface area contributed by atoms with Gasteiger partial charge >= 0.3 is 0 Å². The normalized spacial score (nSPS) is 26.8. The zero-order valence-corrected chi connectivity index (χ0v) is 13.1. The minimum absolute atomic E-state index is 0.0656. The number of phenolic OH excluding ortho intramolecular Hbond substituents is 1. The number of fused-ring (bicyclic) bond motifs is 1. The first kappa shape index (κ1) is 16.2. The molecular weight excluding hydrogens is 318 g/mol. The molecule has 0 aromatic heterocycles. The van der Waals surface area contributed by atoms with E-state index in [1.165, 1.54) is 31.4 Å². The molecule has 128 valence electrons. The van der Waals surface area contributed by atoms with E-state index in [9.17, 15) is 19.5 Å². The lowest BCUT2D eigenvalue weighted by atomic mass is 9.90. The highest BCUT2D eigenvalue weighted by Gasteiger charge is 2.58. The van der Waals surface area contributed by atoms with E-state index in [0.717, 1.165) is 4.90 Å². The molecule has 9 heteroatoms. The van der Waals surface area contributed by atoms with Crippen LogP contribution in [0.25, 0.3) is 0 Å². The Bertz CT molecular complexity index is 721. The molecule has 0 aliphatic carbocycles. The molecule has 0 saturated carbocycles. The molecule has 0 radical (unpaired) electrons. The van der Waals surface area contributed by atoms with Crippen LogP contribution in [0.5, 0.6) is 11.5 Å². The molecule has 0 bridgehead atoms. The number of primary amides is 1. The van der Waals surface area contributed by atoms with Gasteiger partial charge in [0.05, 0.1) is 19.1 Å². The summed E-state index contributed by atoms with van der Waals surface area (Å²) in [6.45, 7) is -0.273. The molecule has 1 aromatic rings. The lowest BCUT2D eigenvalue weighted by Crippen LogP contribution is -2.38. The van der Waals surface area contributed by atoms with Crippen molar-refractivity contribution in [1.82, 2.24) is 9.96 Å². The van der Waals surface area contributed by atoms with E-state index >= 15 is 0 Å². The molecule has 9 nitrogen and oxygen atoms in total. The number of nitrogens with two attached hydrogens (primary N) is 1. The van der Waals surface area contributed by atoms with Gasteiger partial charge in [-0.25, -0.2) is 0 Å². The smallest absolute Gasteiger partial charge is 0.261 e. The van der Waals surface area contributed by atoms with Crippen LogP contribution in [0, 0.1) is 5.92 Å². The second kappa shape index (κ2) is 5.77. The maximum Gasteiger partial charge on any atom is 0.261 e. The van der Waals surface area contributed by atoms with E-state index < -0.39 is 35.8 Å². The summed E-state index contributed by atoms with van der Waals surface area (Å²) in [6.07, 6.45) is -0.994. The van der Waals surface area contributed by atoms with Crippen molar-refractivity contribution in [1.29, 1.82) is 0 Å². The lowest BCUT2D eigenvalue weighted by molar-refractivity contribution is -0.181. The average molecular weight is 335 g/mol. The van der Waals surface area contributed by atoms with Crippen molar-refractivity contribution in [2.24, 2.45) is 11.7 Å². The second-order valence-electron chi connectivity index (χ2n) is 5.70. The van der Waals surface area contributed by atoms with Gasteiger partial charge in [0.15, 0.2) is 17.6 Å². The number of phenols is 1. The van der Waals surface area contributed by atoms with E-state index in [-0.39, 0.29) is 18.0 Å². The van der Waals surface area contributed by atoms with Gasteiger partial charge in [0.1, 0.15) is 6.54 Å². The third-order valence-corrected chi connectivity index (χ3v) is 4.27. The van der Waals surface area contributed by atoms with Crippen molar-refractivity contribution < 1.29 is 29.1 Å². The van der Waals surface area contributed by atoms with Gasteiger partial charge < -0.3 is 15.6 Å². The van der Waals surface area contributed by atoms with E-state index in [1.54, 1.807) is 6.07 Å². The number of amides is 3. The Balaban J connectivity index is 2.04. The number of hydrogen-bond donors (Lipinski definition) is 2. The fourth-order valence-corrected chi connectivity index (χ4v) is 3.15. The third-order valence-electron chi connectivity index (χ3n) is 4.27. The first-order valence-corrected chi connectivity index (χ1v) is 7.25. The van der Waals surface area contributed by atoms with Crippen LogP contribution in [0.2, 0.25) is 0 Å². The van der Waals surface area contributed by atoms with Crippen LogP contribution >= 0.6 is 0 Å². The number of aromatic hydroxyl groups is 1. The minimum Gasteiger partial charge on any atom is -0.504 e. The number of ether oxygens (including phenoxy) is 1. The van der Waals surface area contributed by atoms with Crippen LogP contribution in [-0.2, 0) is 19.2 Å². The Morgan fingerprint density at radius 2 is 2.08 bits per heavy atom. The van der Waals surface area contributed by atoms with Crippen molar-refractivity contribution in [3.63, 3.8) is 0 Å². The Labute approximate surface area is 137 Å².